The largest absolute Gasteiger partial charge is 0.396 e. The second kappa shape index (κ2) is 6.65. The lowest BCUT2D eigenvalue weighted by molar-refractivity contribution is 0.245. The van der Waals surface area contributed by atoms with Gasteiger partial charge in [0.1, 0.15) is 0 Å². The van der Waals surface area contributed by atoms with Crippen LogP contribution in [0, 0.1) is 0 Å². The third-order valence-corrected chi connectivity index (χ3v) is 4.71. The van der Waals surface area contributed by atoms with E-state index in [1.807, 2.05) is 7.05 Å². The van der Waals surface area contributed by atoms with E-state index in [-0.39, 0.29) is 12.6 Å². The number of nitrogens with one attached hydrogen (secondary N) is 1. The third kappa shape index (κ3) is 4.89. The molecule has 0 aromatic heterocycles. The van der Waals surface area contributed by atoms with E-state index in [9.17, 15) is 8.42 Å². The molecule has 0 aromatic rings. The van der Waals surface area contributed by atoms with Crippen LogP contribution < -0.4 is 4.72 Å². The summed E-state index contributed by atoms with van der Waals surface area (Å²) in [4.78, 5) is 2.19. The molecule has 1 aliphatic rings. The fraction of sp³-hybridized carbons (Fsp3) is 1.00. The van der Waals surface area contributed by atoms with Crippen LogP contribution in [0.3, 0.4) is 0 Å². The molecule has 0 amide bonds. The second-order valence-corrected chi connectivity index (χ2v) is 6.41. The molecule has 0 aliphatic carbocycles. The maximum Gasteiger partial charge on any atom is 0.279 e. The van der Waals surface area contributed by atoms with E-state index < -0.39 is 10.2 Å². The van der Waals surface area contributed by atoms with E-state index in [1.54, 1.807) is 0 Å². The summed E-state index contributed by atoms with van der Waals surface area (Å²) in [6.45, 7) is 2.20. The van der Waals surface area contributed by atoms with Gasteiger partial charge in [-0.05, 0) is 39.4 Å². The summed E-state index contributed by atoms with van der Waals surface area (Å²) in [7, 11) is 0.179. The minimum absolute atomic E-state index is 0.00802. The number of nitrogens with zero attached hydrogens (tertiary/aromatic N) is 2. The zero-order valence-corrected chi connectivity index (χ0v) is 11.4. The van der Waals surface area contributed by atoms with Gasteiger partial charge in [-0.2, -0.15) is 17.4 Å². The Kier molecular flexibility index (Phi) is 5.81. The zero-order chi connectivity index (χ0) is 12.9. The van der Waals surface area contributed by atoms with Crippen molar-refractivity contribution in [1.82, 2.24) is 13.9 Å². The van der Waals surface area contributed by atoms with Crippen LogP contribution in [0.15, 0.2) is 0 Å². The molecule has 0 atom stereocenters. The molecule has 2 N–H and O–H groups in total. The van der Waals surface area contributed by atoms with E-state index >= 15 is 0 Å². The van der Waals surface area contributed by atoms with Crippen LogP contribution in [0.1, 0.15) is 19.3 Å². The molecule has 1 fully saturated rings. The van der Waals surface area contributed by atoms with Crippen molar-refractivity contribution in [3.05, 3.63) is 0 Å². The van der Waals surface area contributed by atoms with Gasteiger partial charge in [0, 0.05) is 26.2 Å². The van der Waals surface area contributed by atoms with Gasteiger partial charge in [0.15, 0.2) is 0 Å². The molecule has 0 spiro atoms. The molecule has 6 nitrogen and oxygen atoms in total. The number of rotatable bonds is 6. The standard InChI is InChI=1S/C10H23N3O3S/c1-12-7-4-10(5-8-12)11-17(15,16)13(2)6-3-9-14/h10-11,14H,3-9H2,1-2H3. The topological polar surface area (TPSA) is 72.9 Å². The molecule has 1 aliphatic heterocycles. The normalized spacial score (nSPS) is 20.0. The average Bonchev–Trinajstić information content (AvgIpc) is 2.28. The van der Waals surface area contributed by atoms with E-state index in [0.29, 0.717) is 13.0 Å². The Bertz CT molecular complexity index is 313. The third-order valence-electron chi connectivity index (χ3n) is 3.08. The van der Waals surface area contributed by atoms with Crippen LogP contribution >= 0.6 is 0 Å². The minimum atomic E-state index is -3.40. The number of likely N-dealkylation sites (tertiary alicyclic amines) is 1. The first-order chi connectivity index (χ1) is 7.95. The zero-order valence-electron chi connectivity index (χ0n) is 10.6. The smallest absolute Gasteiger partial charge is 0.279 e. The molecule has 0 aromatic carbocycles. The Hall–Kier alpha value is -0.210. The first-order valence-corrected chi connectivity index (χ1v) is 7.42. The monoisotopic (exact) mass is 265 g/mol. The van der Waals surface area contributed by atoms with Crippen molar-refractivity contribution in [3.63, 3.8) is 0 Å². The average molecular weight is 265 g/mol. The van der Waals surface area contributed by atoms with Gasteiger partial charge >= 0.3 is 0 Å². The van der Waals surface area contributed by atoms with Gasteiger partial charge in [-0.15, -0.1) is 0 Å². The van der Waals surface area contributed by atoms with Crippen LogP contribution in [0.25, 0.3) is 0 Å². The summed E-state index contributed by atoms with van der Waals surface area (Å²) in [5.41, 5.74) is 0. The lowest BCUT2D eigenvalue weighted by atomic mass is 10.1. The molecule has 102 valence electrons. The summed E-state index contributed by atoms with van der Waals surface area (Å²) in [5.74, 6) is 0. The van der Waals surface area contributed by atoms with E-state index in [4.69, 9.17) is 5.11 Å². The number of hydrogen-bond acceptors (Lipinski definition) is 4. The van der Waals surface area contributed by atoms with Crippen LogP contribution in [0.2, 0.25) is 0 Å². The van der Waals surface area contributed by atoms with Crippen molar-refractivity contribution in [3.8, 4) is 0 Å². The fourth-order valence-electron chi connectivity index (χ4n) is 1.84. The Labute approximate surface area is 104 Å². The van der Waals surface area contributed by atoms with Crippen LogP contribution in [0.5, 0.6) is 0 Å². The molecule has 7 heteroatoms. The maximum absolute atomic E-state index is 11.9. The van der Waals surface area contributed by atoms with Crippen molar-refractivity contribution in [2.24, 2.45) is 0 Å². The molecule has 1 rings (SSSR count). The van der Waals surface area contributed by atoms with E-state index in [1.165, 1.54) is 11.4 Å². The molecular formula is C10H23N3O3S. The van der Waals surface area contributed by atoms with Crippen molar-refractivity contribution in [2.45, 2.75) is 25.3 Å². The lowest BCUT2D eigenvalue weighted by Gasteiger charge is -2.30. The molecule has 0 saturated carbocycles. The summed E-state index contributed by atoms with van der Waals surface area (Å²) in [6, 6.07) is 0.0350. The Balaban J connectivity index is 2.43. The number of piperidine rings is 1. The van der Waals surface area contributed by atoms with Gasteiger partial charge in [0.25, 0.3) is 10.2 Å². The number of hydrogen-bond donors (Lipinski definition) is 2. The predicted octanol–water partition coefficient (Wildman–Crippen LogP) is -0.771. The summed E-state index contributed by atoms with van der Waals surface area (Å²) in [6.07, 6.45) is 2.16. The predicted molar refractivity (Wildman–Crippen MR) is 66.9 cm³/mol. The first-order valence-electron chi connectivity index (χ1n) is 5.98. The highest BCUT2D eigenvalue weighted by molar-refractivity contribution is 7.87. The Morgan fingerprint density at radius 2 is 2.00 bits per heavy atom. The fourth-order valence-corrected chi connectivity index (χ4v) is 3.05. The quantitative estimate of drug-likeness (QED) is 0.661. The molecule has 17 heavy (non-hydrogen) atoms. The molecule has 0 unspecified atom stereocenters. The highest BCUT2D eigenvalue weighted by Gasteiger charge is 2.24. The van der Waals surface area contributed by atoms with Gasteiger partial charge in [0.2, 0.25) is 0 Å². The lowest BCUT2D eigenvalue weighted by Crippen LogP contribution is -2.48. The van der Waals surface area contributed by atoms with Crippen molar-refractivity contribution >= 4 is 10.2 Å². The second-order valence-electron chi connectivity index (χ2n) is 4.60. The Morgan fingerprint density at radius 3 is 2.53 bits per heavy atom. The summed E-state index contributed by atoms with van der Waals surface area (Å²) < 4.78 is 27.8. The van der Waals surface area contributed by atoms with Crippen molar-refractivity contribution in [2.75, 3.05) is 40.3 Å². The summed E-state index contributed by atoms with van der Waals surface area (Å²) >= 11 is 0. The highest BCUT2D eigenvalue weighted by Crippen LogP contribution is 2.10. The Morgan fingerprint density at radius 1 is 1.41 bits per heavy atom. The van der Waals surface area contributed by atoms with Crippen LogP contribution in [0.4, 0.5) is 0 Å². The minimum Gasteiger partial charge on any atom is -0.396 e. The van der Waals surface area contributed by atoms with Gasteiger partial charge in [-0.3, -0.25) is 0 Å². The van der Waals surface area contributed by atoms with Gasteiger partial charge in [0.05, 0.1) is 0 Å². The van der Waals surface area contributed by atoms with Crippen LogP contribution in [-0.4, -0.2) is 69.1 Å². The van der Waals surface area contributed by atoms with Crippen molar-refractivity contribution in [1.29, 1.82) is 0 Å². The SMILES string of the molecule is CN1CCC(NS(=O)(=O)N(C)CCCO)CC1. The van der Waals surface area contributed by atoms with Crippen LogP contribution in [-0.2, 0) is 10.2 Å². The first kappa shape index (κ1) is 14.8. The molecule has 0 radical (unpaired) electrons. The van der Waals surface area contributed by atoms with Gasteiger partial charge < -0.3 is 10.0 Å². The summed E-state index contributed by atoms with van der Waals surface area (Å²) in [5, 5.41) is 8.68. The molecule has 1 heterocycles. The number of aliphatic hydroxyl groups excluding tert-OH is 1. The maximum atomic E-state index is 11.9. The van der Waals surface area contributed by atoms with E-state index in [2.05, 4.69) is 9.62 Å². The molecule has 1 saturated heterocycles. The van der Waals surface area contributed by atoms with Gasteiger partial charge in [-0.1, -0.05) is 0 Å². The number of aliphatic hydroxyl groups is 1. The van der Waals surface area contributed by atoms with Crippen molar-refractivity contribution < 1.29 is 13.5 Å². The van der Waals surface area contributed by atoms with E-state index in [0.717, 1.165) is 25.9 Å². The highest BCUT2D eigenvalue weighted by atomic mass is 32.2. The molecular weight excluding hydrogens is 242 g/mol. The van der Waals surface area contributed by atoms with Gasteiger partial charge in [-0.25, -0.2) is 0 Å². The molecule has 0 bridgehead atoms.